The van der Waals surface area contributed by atoms with Crippen LogP contribution in [0.25, 0.3) is 11.1 Å². The molecule has 116 valence electrons. The number of hydrogen-bond acceptors (Lipinski definition) is 3. The van der Waals surface area contributed by atoms with E-state index in [9.17, 15) is 8.78 Å². The molecule has 0 unspecified atom stereocenters. The van der Waals surface area contributed by atoms with Gasteiger partial charge in [-0.05, 0) is 35.7 Å². The van der Waals surface area contributed by atoms with E-state index in [1.54, 1.807) is 12.1 Å². The van der Waals surface area contributed by atoms with Gasteiger partial charge in [0.2, 0.25) is 0 Å². The van der Waals surface area contributed by atoms with E-state index in [0.717, 1.165) is 17.5 Å². The molecular formula is C16H14ClF2NO2. The number of anilines is 1. The maximum Gasteiger partial charge on any atom is 0.433 e. The van der Waals surface area contributed by atoms with Gasteiger partial charge < -0.3 is 15.2 Å². The number of fused-ring (bicyclic) bond motifs is 1. The van der Waals surface area contributed by atoms with Crippen LogP contribution in [0.4, 0.5) is 14.5 Å². The Balaban J connectivity index is 2.06. The molecule has 22 heavy (non-hydrogen) atoms. The molecule has 0 aromatic heterocycles. The quantitative estimate of drug-likeness (QED) is 0.826. The fourth-order valence-corrected chi connectivity index (χ4v) is 2.64. The van der Waals surface area contributed by atoms with Crippen molar-refractivity contribution in [3.8, 4) is 22.6 Å². The van der Waals surface area contributed by atoms with Crippen LogP contribution in [-0.2, 0) is 6.42 Å². The van der Waals surface area contributed by atoms with E-state index in [2.05, 4.69) is 4.74 Å². The first kappa shape index (κ1) is 14.9. The summed E-state index contributed by atoms with van der Waals surface area (Å²) >= 11 is 6.21. The summed E-state index contributed by atoms with van der Waals surface area (Å²) in [5.41, 5.74) is 9.13. The summed E-state index contributed by atoms with van der Waals surface area (Å²) in [7, 11) is 0. The van der Waals surface area contributed by atoms with Crippen molar-refractivity contribution in [3.63, 3.8) is 0 Å². The van der Waals surface area contributed by atoms with E-state index in [-0.39, 0.29) is 11.5 Å². The molecule has 0 amide bonds. The smallest absolute Gasteiger partial charge is 0.433 e. The van der Waals surface area contributed by atoms with Crippen LogP contribution in [0.15, 0.2) is 30.3 Å². The molecule has 2 aromatic carbocycles. The van der Waals surface area contributed by atoms with Crippen LogP contribution < -0.4 is 15.2 Å². The number of ether oxygens (including phenoxy) is 2. The lowest BCUT2D eigenvalue weighted by molar-refractivity contribution is -0.208. The van der Waals surface area contributed by atoms with E-state index in [1.807, 2.05) is 19.1 Å². The topological polar surface area (TPSA) is 44.5 Å². The van der Waals surface area contributed by atoms with Crippen LogP contribution in [0, 0.1) is 0 Å². The Hall–Kier alpha value is -2.01. The van der Waals surface area contributed by atoms with Crippen LogP contribution in [0.5, 0.6) is 11.5 Å². The fourth-order valence-electron chi connectivity index (χ4n) is 2.38. The van der Waals surface area contributed by atoms with E-state index in [0.29, 0.717) is 16.3 Å². The van der Waals surface area contributed by atoms with Gasteiger partial charge in [-0.15, -0.1) is 0 Å². The lowest BCUT2D eigenvalue weighted by atomic mass is 10.00. The van der Waals surface area contributed by atoms with Crippen molar-refractivity contribution in [2.75, 3.05) is 12.3 Å². The maximum absolute atomic E-state index is 13.2. The molecule has 0 spiro atoms. The van der Waals surface area contributed by atoms with Crippen molar-refractivity contribution in [2.24, 2.45) is 0 Å². The van der Waals surface area contributed by atoms with Gasteiger partial charge in [0, 0.05) is 17.3 Å². The molecule has 0 fully saturated rings. The average molecular weight is 326 g/mol. The molecule has 6 heteroatoms. The van der Waals surface area contributed by atoms with Crippen LogP contribution in [0.3, 0.4) is 0 Å². The summed E-state index contributed by atoms with van der Waals surface area (Å²) in [6.07, 6.45) is -2.55. The van der Waals surface area contributed by atoms with Crippen molar-refractivity contribution in [1.29, 1.82) is 0 Å². The van der Waals surface area contributed by atoms with E-state index in [4.69, 9.17) is 22.1 Å². The highest BCUT2D eigenvalue weighted by molar-refractivity contribution is 6.33. The van der Waals surface area contributed by atoms with Gasteiger partial charge in [-0.25, -0.2) is 0 Å². The molecule has 0 radical (unpaired) electrons. The number of aryl methyl sites for hydroxylation is 1. The summed E-state index contributed by atoms with van der Waals surface area (Å²) in [5, 5.41) is 0.312. The van der Waals surface area contributed by atoms with Gasteiger partial charge in [-0.1, -0.05) is 24.6 Å². The van der Waals surface area contributed by atoms with Gasteiger partial charge in [0.15, 0.2) is 18.1 Å². The van der Waals surface area contributed by atoms with Crippen molar-refractivity contribution in [1.82, 2.24) is 0 Å². The molecule has 0 atom stereocenters. The zero-order chi connectivity index (χ0) is 15.9. The second-order valence-corrected chi connectivity index (χ2v) is 5.48. The first-order valence-corrected chi connectivity index (χ1v) is 7.19. The lowest BCUT2D eigenvalue weighted by Crippen LogP contribution is -2.35. The second-order valence-electron chi connectivity index (χ2n) is 5.07. The molecule has 2 aromatic rings. The Kier molecular flexibility index (Phi) is 3.60. The minimum absolute atomic E-state index is 0.0591. The van der Waals surface area contributed by atoms with Crippen LogP contribution in [-0.4, -0.2) is 12.7 Å². The van der Waals surface area contributed by atoms with Crippen LogP contribution in [0.2, 0.25) is 5.02 Å². The molecule has 1 aliphatic heterocycles. The van der Waals surface area contributed by atoms with E-state index < -0.39 is 12.7 Å². The van der Waals surface area contributed by atoms with Crippen molar-refractivity contribution in [3.05, 3.63) is 40.9 Å². The Morgan fingerprint density at radius 1 is 1.23 bits per heavy atom. The standard InChI is InChI=1S/C16H14ClF2NO2/c1-2-9-5-10(3-4-13(9)20)11-6-14-15(7-12(11)17)22-16(18,19)8-21-14/h3-7H,2,8,20H2,1H3. The van der Waals surface area contributed by atoms with Crippen molar-refractivity contribution < 1.29 is 18.3 Å². The number of alkyl halides is 2. The molecular weight excluding hydrogens is 312 g/mol. The molecule has 3 rings (SSSR count). The Bertz CT molecular complexity index is 734. The average Bonchev–Trinajstić information content (AvgIpc) is 2.46. The Morgan fingerprint density at radius 3 is 2.73 bits per heavy atom. The zero-order valence-electron chi connectivity index (χ0n) is 11.8. The monoisotopic (exact) mass is 325 g/mol. The third-order valence-corrected chi connectivity index (χ3v) is 3.84. The molecule has 0 saturated heterocycles. The molecule has 0 saturated carbocycles. The zero-order valence-corrected chi connectivity index (χ0v) is 12.6. The summed E-state index contributed by atoms with van der Waals surface area (Å²) in [5.74, 6) is 0.191. The van der Waals surface area contributed by atoms with Gasteiger partial charge in [-0.3, -0.25) is 0 Å². The van der Waals surface area contributed by atoms with Gasteiger partial charge >= 0.3 is 6.11 Å². The normalized spacial score (nSPS) is 15.6. The first-order chi connectivity index (χ1) is 10.4. The third kappa shape index (κ3) is 2.68. The first-order valence-electron chi connectivity index (χ1n) is 6.81. The number of nitrogens with two attached hydrogens (primary N) is 1. The lowest BCUT2D eigenvalue weighted by Gasteiger charge is -2.26. The maximum atomic E-state index is 13.2. The van der Waals surface area contributed by atoms with Gasteiger partial charge in [-0.2, -0.15) is 8.78 Å². The number of hydrogen-bond donors (Lipinski definition) is 1. The third-order valence-electron chi connectivity index (χ3n) is 3.52. The van der Waals surface area contributed by atoms with Gasteiger partial charge in [0.05, 0.1) is 5.02 Å². The van der Waals surface area contributed by atoms with Gasteiger partial charge in [0.25, 0.3) is 0 Å². The molecule has 1 heterocycles. The number of benzene rings is 2. The highest BCUT2D eigenvalue weighted by Crippen LogP contribution is 2.43. The highest BCUT2D eigenvalue weighted by Gasteiger charge is 2.38. The molecule has 2 N–H and O–H groups in total. The summed E-state index contributed by atoms with van der Waals surface area (Å²) in [6, 6.07) is 8.52. The van der Waals surface area contributed by atoms with Crippen LogP contribution >= 0.6 is 11.6 Å². The molecule has 0 bridgehead atoms. The predicted octanol–water partition coefficient (Wildman–Crippen LogP) is 4.52. The summed E-state index contributed by atoms with van der Waals surface area (Å²) in [6.45, 7) is 1.19. The predicted molar refractivity (Wildman–Crippen MR) is 81.7 cm³/mol. The second kappa shape index (κ2) is 5.32. The van der Waals surface area contributed by atoms with Gasteiger partial charge in [0.1, 0.15) is 0 Å². The molecule has 1 aliphatic rings. The highest BCUT2D eigenvalue weighted by atomic mass is 35.5. The number of nitrogen functional groups attached to an aromatic ring is 1. The Labute approximate surface area is 131 Å². The van der Waals surface area contributed by atoms with Crippen molar-refractivity contribution in [2.45, 2.75) is 19.5 Å². The largest absolute Gasteiger partial charge is 0.479 e. The summed E-state index contributed by atoms with van der Waals surface area (Å²) < 4.78 is 36.0. The fraction of sp³-hybridized carbons (Fsp3) is 0.250. The van der Waals surface area contributed by atoms with Crippen molar-refractivity contribution >= 4 is 17.3 Å². The van der Waals surface area contributed by atoms with E-state index in [1.165, 1.54) is 6.07 Å². The number of halogens is 3. The molecule has 3 nitrogen and oxygen atoms in total. The molecule has 0 aliphatic carbocycles. The SMILES string of the molecule is CCc1cc(-c2cc3c(cc2Cl)OC(F)(F)CO3)ccc1N. The van der Waals surface area contributed by atoms with E-state index >= 15 is 0 Å². The number of rotatable bonds is 2. The van der Waals surface area contributed by atoms with Crippen LogP contribution in [0.1, 0.15) is 12.5 Å². The Morgan fingerprint density at radius 2 is 2.00 bits per heavy atom. The minimum atomic E-state index is -3.34. The summed E-state index contributed by atoms with van der Waals surface area (Å²) in [4.78, 5) is 0. The minimum Gasteiger partial charge on any atom is -0.479 e.